The number of aliphatic hydroxyl groups excluding tert-OH is 2. The Balaban J connectivity index is 0.000000543. The molecule has 0 bridgehead atoms. The van der Waals surface area contributed by atoms with Gasteiger partial charge < -0.3 is 31.5 Å². The number of amides is 1. The Labute approximate surface area is 439 Å². The molecule has 2 fully saturated rings. The van der Waals surface area contributed by atoms with E-state index in [0.29, 0.717) is 35.3 Å². The molecule has 68 heavy (non-hydrogen) atoms. The van der Waals surface area contributed by atoms with Crippen molar-refractivity contribution in [2.24, 2.45) is 23.7 Å². The molecule has 2 aliphatic carbocycles. The predicted molar refractivity (Wildman–Crippen MR) is 286 cm³/mol. The maximum Gasteiger partial charge on any atom is 1.00 e. The average Bonchev–Trinajstić information content (AvgIpc) is 4.18. The number of carbonyl (C=O) groups is 1. The number of halogens is 2. The summed E-state index contributed by atoms with van der Waals surface area (Å²) in [6.45, 7) is 7.09. The van der Waals surface area contributed by atoms with Crippen molar-refractivity contribution in [2.75, 3.05) is 11.1 Å². The molecule has 0 radical (unpaired) electrons. The van der Waals surface area contributed by atoms with Crippen molar-refractivity contribution in [3.63, 3.8) is 0 Å². The van der Waals surface area contributed by atoms with Gasteiger partial charge in [-0.15, -0.1) is 0 Å². The minimum atomic E-state index is -0.424. The van der Waals surface area contributed by atoms with Crippen molar-refractivity contribution in [1.29, 1.82) is 0 Å². The standard InChI is InChI=1S/C25H30N4O2.C19H23NO.C6H8N3O.2CH4.I2.Li.H2O/c1-17(29-16-26-18(2)28-29)25(31)27-23-12-9-19(10-13-23)14-20-8-11-22(15-20)24(30)21-6-4-3-5-7-21;20-18-10-7-14(8-11-18)12-15-6-9-17(13-15)19(21)16-4-2-1-3-5-16;1-5(3-10)9-4-7-6(2)8-9;;;1-2;;/h3-7,9-10,12-13,16-17,20,22,24,30H,8,11,14-15H2,1-2H3,(H,27,31);1-5,7-8,10-11,15,17,19,21H,6,9,12-13,20H2;4-5H,1-2H3;2*1H4;;;1H2/q;;-1;;;;+1;/p-1/t17-,20?,22-,24+;15?,17-,19+;5-;;;;;/m000...../s1. The summed E-state index contributed by atoms with van der Waals surface area (Å²) >= 11 is 4.24. The summed E-state index contributed by atoms with van der Waals surface area (Å²) in [7, 11) is 0. The molecule has 16 heteroatoms. The molecule has 6 N–H and O–H groups in total. The van der Waals surface area contributed by atoms with E-state index in [1.54, 1.807) is 45.0 Å². The number of rotatable bonds is 13. The van der Waals surface area contributed by atoms with E-state index in [9.17, 15) is 19.8 Å². The summed E-state index contributed by atoms with van der Waals surface area (Å²) in [5.74, 6) is 3.18. The van der Waals surface area contributed by atoms with Gasteiger partial charge in [-0.05, 0) is 148 Å². The predicted octanol–water partition coefficient (Wildman–Crippen LogP) is 8.57. The van der Waals surface area contributed by atoms with Crippen molar-refractivity contribution in [3.05, 3.63) is 156 Å². The molecule has 2 aromatic heterocycles. The molecule has 6 aromatic rings. The normalized spacial score (nSPS) is 18.4. The largest absolute Gasteiger partial charge is 1.00 e. The van der Waals surface area contributed by atoms with Crippen molar-refractivity contribution < 1.29 is 44.1 Å². The third kappa shape index (κ3) is 19.1. The number of carbonyl (C=O) groups excluding carboxylic acids is 2. The van der Waals surface area contributed by atoms with Gasteiger partial charge in [-0.1, -0.05) is 107 Å². The molecule has 4 aromatic carbocycles. The molecule has 8 atom stereocenters. The minimum Gasteiger partial charge on any atom is -0.870 e. The van der Waals surface area contributed by atoms with Crippen LogP contribution in [-0.2, 0) is 22.4 Å². The van der Waals surface area contributed by atoms with E-state index in [-0.39, 0.29) is 63.3 Å². The third-order valence-electron chi connectivity index (χ3n) is 12.2. The summed E-state index contributed by atoms with van der Waals surface area (Å²) in [6.07, 6.45) is 13.0. The van der Waals surface area contributed by atoms with Crippen LogP contribution in [0.3, 0.4) is 0 Å². The smallest absolute Gasteiger partial charge is 0.870 e. The Morgan fingerprint density at radius 3 is 1.51 bits per heavy atom. The Morgan fingerprint density at radius 1 is 0.706 bits per heavy atom. The Bertz CT molecular complexity index is 2290. The van der Waals surface area contributed by atoms with Crippen molar-refractivity contribution in [2.45, 2.75) is 118 Å². The first-order chi connectivity index (χ1) is 30.9. The van der Waals surface area contributed by atoms with Crippen LogP contribution in [0.1, 0.15) is 125 Å². The van der Waals surface area contributed by atoms with Gasteiger partial charge in [0, 0.05) is 48.6 Å². The van der Waals surface area contributed by atoms with E-state index in [0.717, 1.165) is 67.4 Å². The van der Waals surface area contributed by atoms with E-state index in [1.165, 1.54) is 28.6 Å². The van der Waals surface area contributed by atoms with E-state index in [4.69, 9.17) is 5.73 Å². The second-order valence-electron chi connectivity index (χ2n) is 16.9. The van der Waals surface area contributed by atoms with Gasteiger partial charge in [0.25, 0.3) is 0 Å². The number of aliphatic hydroxyl groups is 2. The minimum absolute atomic E-state index is 0. The van der Waals surface area contributed by atoms with Crippen LogP contribution in [0.25, 0.3) is 0 Å². The summed E-state index contributed by atoms with van der Waals surface area (Å²) in [6, 6.07) is 35.5. The number of nitrogen functional groups attached to an aromatic ring is 1. The first kappa shape index (κ1) is 62.1. The molecule has 2 saturated carbocycles. The zero-order valence-corrected chi connectivity index (χ0v) is 42.8. The van der Waals surface area contributed by atoms with Gasteiger partial charge in [0.2, 0.25) is 5.91 Å². The second kappa shape index (κ2) is 32.0. The molecule has 364 valence electrons. The summed E-state index contributed by atoms with van der Waals surface area (Å²) in [4.78, 5) is 30.5. The number of nitrogens with zero attached hydrogens (tertiary/aromatic N) is 6. The number of hydrogen-bond donors (Lipinski definition) is 4. The van der Waals surface area contributed by atoms with Gasteiger partial charge in [0.15, 0.2) is 0 Å². The number of nitrogens with two attached hydrogens (primary N) is 1. The van der Waals surface area contributed by atoms with Gasteiger partial charge in [-0.25, -0.2) is 20.9 Å². The molecule has 2 aliphatic rings. The van der Waals surface area contributed by atoms with Crippen LogP contribution < -0.4 is 29.9 Å². The number of aryl methyl sites for hydroxylation is 2. The fourth-order valence-corrected chi connectivity index (χ4v) is 8.58. The van der Waals surface area contributed by atoms with Gasteiger partial charge in [-0.2, -0.15) is 10.2 Å². The maximum absolute atomic E-state index is 12.5. The zero-order valence-electron chi connectivity index (χ0n) is 38.5. The fourth-order valence-electron chi connectivity index (χ4n) is 8.58. The summed E-state index contributed by atoms with van der Waals surface area (Å²) in [5.41, 5.74) is 12.0. The molecule has 2 heterocycles. The van der Waals surface area contributed by atoms with Crippen LogP contribution in [0.5, 0.6) is 0 Å². The maximum atomic E-state index is 12.5. The van der Waals surface area contributed by atoms with Crippen LogP contribution in [0, 0.1) is 37.5 Å². The van der Waals surface area contributed by atoms with E-state index >= 15 is 0 Å². The van der Waals surface area contributed by atoms with Crippen LogP contribution in [-0.4, -0.2) is 57.4 Å². The topological polar surface area (TPSA) is 204 Å². The second-order valence-corrected chi connectivity index (χ2v) is 16.9. The quantitative estimate of drug-likeness (QED) is 0.0375. The summed E-state index contributed by atoms with van der Waals surface area (Å²) < 4.78 is 3.04. The number of benzene rings is 4. The first-order valence-electron chi connectivity index (χ1n) is 21.9. The number of nitrogens with one attached hydrogen (secondary N) is 1. The van der Waals surface area contributed by atoms with Gasteiger partial charge in [0.05, 0.1) is 12.2 Å². The SMILES string of the molecule is C.C.Cc1ncn([C@@H](C)C(=O)Nc2ccc(CC3CC[C@H]([C@H](O)c4ccccc4)C3)cc2)n1.Cc1ncn([C@@H](C)[C-]=O)n1.II.Nc1ccc(CC2CC[C@H]([C@H](O)c3ccccc3)C2)cc1.[Li+].[OH-]. The number of hydrogen-bond acceptors (Lipinski definition) is 10. The molecule has 1 amide bonds. The van der Waals surface area contributed by atoms with Crippen molar-refractivity contribution in [1.82, 2.24) is 29.5 Å². The van der Waals surface area contributed by atoms with Crippen LogP contribution >= 0.6 is 37.2 Å². The molecule has 8 rings (SSSR count). The van der Waals surface area contributed by atoms with Crippen molar-refractivity contribution >= 4 is 60.8 Å². The fraction of sp³-hybridized carbons (Fsp3) is 0.423. The Hall–Kier alpha value is -3.96. The number of aromatic nitrogens is 6. The van der Waals surface area contributed by atoms with E-state index < -0.39 is 6.04 Å². The molecule has 0 aliphatic heterocycles. The molecular formula is C52H70I2LiN8O5-. The van der Waals surface area contributed by atoms with E-state index in [2.05, 4.69) is 87.0 Å². The van der Waals surface area contributed by atoms with Crippen molar-refractivity contribution in [3.8, 4) is 0 Å². The van der Waals surface area contributed by atoms with Crippen LogP contribution in [0.4, 0.5) is 11.4 Å². The third-order valence-corrected chi connectivity index (χ3v) is 12.2. The average molecular weight is 1150 g/mol. The monoisotopic (exact) mass is 1150 g/mol. The molecule has 0 spiro atoms. The van der Waals surface area contributed by atoms with Gasteiger partial charge in [0.1, 0.15) is 30.3 Å². The summed E-state index contributed by atoms with van der Waals surface area (Å²) in [5, 5.41) is 32.3. The zero-order chi connectivity index (χ0) is 46.0. The van der Waals surface area contributed by atoms with Crippen LogP contribution in [0.2, 0.25) is 0 Å². The molecule has 13 nitrogen and oxygen atoms in total. The van der Waals surface area contributed by atoms with Gasteiger partial charge >= 0.3 is 18.9 Å². The number of anilines is 2. The van der Waals surface area contributed by atoms with E-state index in [1.807, 2.05) is 84.9 Å². The molecule has 0 saturated heterocycles. The van der Waals surface area contributed by atoms with Gasteiger partial charge in [-0.3, -0.25) is 9.48 Å². The Morgan fingerprint density at radius 2 is 1.12 bits per heavy atom. The first-order valence-corrected chi connectivity index (χ1v) is 28.2. The Kier molecular flexibility index (Phi) is 29.2. The molecular weight excluding hydrogens is 1080 g/mol. The van der Waals surface area contributed by atoms with Crippen LogP contribution in [0.15, 0.2) is 122 Å². The molecule has 2 unspecified atom stereocenters.